The van der Waals surface area contributed by atoms with E-state index in [1.54, 1.807) is 0 Å². The van der Waals surface area contributed by atoms with E-state index in [4.69, 9.17) is 4.74 Å². The molecule has 0 aliphatic carbocycles. The van der Waals surface area contributed by atoms with Crippen LogP contribution in [0.4, 0.5) is 0 Å². The average molecular weight is 254 g/mol. The van der Waals surface area contributed by atoms with Crippen LogP contribution < -0.4 is 4.35 Å². The Hall–Kier alpha value is -0.752. The fourth-order valence-corrected chi connectivity index (χ4v) is 2.67. The second-order valence-electron chi connectivity index (χ2n) is 3.16. The quantitative estimate of drug-likeness (QED) is 0.607. The molecule has 0 spiro atoms. The van der Waals surface area contributed by atoms with Crippen molar-refractivity contribution in [2.45, 2.75) is 18.3 Å². The Morgan fingerprint density at radius 1 is 1.29 bits per heavy atom. The van der Waals surface area contributed by atoms with Crippen molar-refractivity contribution in [3.8, 4) is 0 Å². The molecular formula is C11H15AsO2. The summed E-state index contributed by atoms with van der Waals surface area (Å²) in [5.74, 6) is -0.231. The van der Waals surface area contributed by atoms with Gasteiger partial charge in [-0.1, -0.05) is 0 Å². The Morgan fingerprint density at radius 3 is 2.29 bits per heavy atom. The Kier molecular flexibility index (Phi) is 4.21. The zero-order valence-electron chi connectivity index (χ0n) is 8.78. The first kappa shape index (κ1) is 11.3. The van der Waals surface area contributed by atoms with E-state index in [-0.39, 0.29) is 5.97 Å². The Bertz CT molecular complexity index is 304. The van der Waals surface area contributed by atoms with Gasteiger partial charge < -0.3 is 0 Å². The number of carbonyl (C=O) groups excluding carboxylic acids is 1. The van der Waals surface area contributed by atoms with Crippen LogP contribution in [0.25, 0.3) is 0 Å². The van der Waals surface area contributed by atoms with Crippen LogP contribution in [-0.2, 0) is 4.74 Å². The molecule has 76 valence electrons. The monoisotopic (exact) mass is 254 g/mol. The van der Waals surface area contributed by atoms with Crippen molar-refractivity contribution in [2.75, 3.05) is 6.61 Å². The van der Waals surface area contributed by atoms with Gasteiger partial charge in [0.2, 0.25) is 0 Å². The summed E-state index contributed by atoms with van der Waals surface area (Å²) in [6.07, 6.45) is 0. The molecule has 0 atom stereocenters. The second kappa shape index (κ2) is 5.21. The van der Waals surface area contributed by atoms with Crippen molar-refractivity contribution in [1.29, 1.82) is 0 Å². The van der Waals surface area contributed by atoms with E-state index in [1.807, 2.05) is 31.2 Å². The first-order chi connectivity index (χ1) is 6.65. The van der Waals surface area contributed by atoms with Crippen LogP contribution >= 0.6 is 0 Å². The zero-order chi connectivity index (χ0) is 10.6. The molecule has 0 aromatic heterocycles. The molecule has 2 nitrogen and oxygen atoms in total. The Labute approximate surface area is 89.5 Å². The van der Waals surface area contributed by atoms with Crippen LogP contribution in [0.3, 0.4) is 0 Å². The summed E-state index contributed by atoms with van der Waals surface area (Å²) < 4.78 is 6.28. The predicted molar refractivity (Wildman–Crippen MR) is 59.5 cm³/mol. The van der Waals surface area contributed by atoms with E-state index < -0.39 is 14.7 Å². The van der Waals surface area contributed by atoms with Crippen molar-refractivity contribution in [3.05, 3.63) is 29.8 Å². The summed E-state index contributed by atoms with van der Waals surface area (Å²) in [4.78, 5) is 11.3. The summed E-state index contributed by atoms with van der Waals surface area (Å²) in [5, 5.41) is 0. The molecule has 3 heteroatoms. The average Bonchev–Trinajstić information content (AvgIpc) is 2.18. The van der Waals surface area contributed by atoms with Crippen LogP contribution in [0.5, 0.6) is 0 Å². The minimum atomic E-state index is -0.811. The number of esters is 1. The van der Waals surface area contributed by atoms with Gasteiger partial charge in [-0.15, -0.1) is 0 Å². The number of carbonyl (C=O) groups is 1. The van der Waals surface area contributed by atoms with E-state index in [0.717, 1.165) is 0 Å². The summed E-state index contributed by atoms with van der Waals surface area (Å²) in [7, 11) is 0. The summed E-state index contributed by atoms with van der Waals surface area (Å²) in [6.45, 7) is 2.24. The molecule has 0 aliphatic heterocycles. The molecule has 14 heavy (non-hydrogen) atoms. The third-order valence-electron chi connectivity index (χ3n) is 1.89. The van der Waals surface area contributed by atoms with Gasteiger partial charge in [-0.05, 0) is 0 Å². The molecule has 0 heterocycles. The summed E-state index contributed by atoms with van der Waals surface area (Å²) in [5.41, 5.74) is 5.19. The van der Waals surface area contributed by atoms with Crippen molar-refractivity contribution in [1.82, 2.24) is 0 Å². The van der Waals surface area contributed by atoms with E-state index in [0.29, 0.717) is 12.2 Å². The molecule has 0 radical (unpaired) electrons. The van der Waals surface area contributed by atoms with Gasteiger partial charge in [0.15, 0.2) is 0 Å². The van der Waals surface area contributed by atoms with Crippen molar-refractivity contribution >= 4 is 25.0 Å². The van der Waals surface area contributed by atoms with Crippen molar-refractivity contribution in [2.24, 2.45) is 0 Å². The molecular weight excluding hydrogens is 239 g/mol. The molecule has 0 saturated heterocycles. The maximum atomic E-state index is 11.3. The van der Waals surface area contributed by atoms with Gasteiger partial charge in [-0.25, -0.2) is 0 Å². The zero-order valence-corrected chi connectivity index (χ0v) is 10.7. The van der Waals surface area contributed by atoms with E-state index >= 15 is 0 Å². The standard InChI is InChI=1S/C11H15AsO2/c1-4-14-11(13)9-5-7-10(8-6-9)12(2)3/h5-8H,4H2,1-3H3. The van der Waals surface area contributed by atoms with Gasteiger partial charge in [0.1, 0.15) is 0 Å². The molecule has 0 saturated carbocycles. The maximum absolute atomic E-state index is 11.3. The number of ether oxygens (including phenoxy) is 1. The van der Waals surface area contributed by atoms with Crippen LogP contribution in [-0.4, -0.2) is 27.2 Å². The summed E-state index contributed by atoms with van der Waals surface area (Å²) in [6, 6.07) is 7.77. The van der Waals surface area contributed by atoms with Crippen LogP contribution in [0.2, 0.25) is 11.4 Å². The van der Waals surface area contributed by atoms with Gasteiger partial charge in [0.05, 0.1) is 0 Å². The number of hydrogen-bond donors (Lipinski definition) is 0. The molecule has 0 fully saturated rings. The van der Waals surface area contributed by atoms with Gasteiger partial charge >= 0.3 is 89.3 Å². The molecule has 0 unspecified atom stereocenters. The number of benzene rings is 1. The molecule has 1 rings (SSSR count). The van der Waals surface area contributed by atoms with Gasteiger partial charge in [-0.3, -0.25) is 0 Å². The molecule has 1 aromatic carbocycles. The molecule has 1 aromatic rings. The van der Waals surface area contributed by atoms with E-state index in [9.17, 15) is 4.79 Å². The fraction of sp³-hybridized carbons (Fsp3) is 0.364. The third-order valence-corrected chi connectivity index (χ3v) is 4.69. The van der Waals surface area contributed by atoms with Gasteiger partial charge in [-0.2, -0.15) is 0 Å². The van der Waals surface area contributed by atoms with Crippen molar-refractivity contribution in [3.63, 3.8) is 0 Å². The van der Waals surface area contributed by atoms with Gasteiger partial charge in [0.25, 0.3) is 0 Å². The first-order valence-electron chi connectivity index (χ1n) is 4.59. The Morgan fingerprint density at radius 2 is 1.86 bits per heavy atom. The molecule has 0 N–H and O–H groups in total. The van der Waals surface area contributed by atoms with Crippen molar-refractivity contribution < 1.29 is 9.53 Å². The Balaban J connectivity index is 2.78. The molecule has 0 bridgehead atoms. The first-order valence-corrected chi connectivity index (χ1v) is 9.28. The topological polar surface area (TPSA) is 26.3 Å². The normalized spacial score (nSPS) is 10.3. The van der Waals surface area contributed by atoms with Crippen LogP contribution in [0.1, 0.15) is 17.3 Å². The minimum absolute atomic E-state index is 0.231. The third kappa shape index (κ3) is 2.88. The fourth-order valence-electron chi connectivity index (χ4n) is 1.11. The summed E-state index contributed by atoms with van der Waals surface area (Å²) >= 11 is -0.811. The second-order valence-corrected chi connectivity index (χ2v) is 8.00. The number of rotatable bonds is 3. The van der Waals surface area contributed by atoms with Gasteiger partial charge in [0, 0.05) is 0 Å². The van der Waals surface area contributed by atoms with Crippen LogP contribution in [0, 0.1) is 0 Å². The SMILES string of the molecule is CCOC(=O)c1ccc([As](C)C)cc1. The van der Waals surface area contributed by atoms with E-state index in [1.165, 1.54) is 4.35 Å². The predicted octanol–water partition coefficient (Wildman–Crippen LogP) is 1.82. The van der Waals surface area contributed by atoms with Crippen LogP contribution in [0.15, 0.2) is 24.3 Å². The van der Waals surface area contributed by atoms with E-state index in [2.05, 4.69) is 11.4 Å². The number of hydrogen-bond acceptors (Lipinski definition) is 2. The molecule has 0 amide bonds. The molecule has 0 aliphatic rings.